The molecule has 2 saturated heterocycles. The number of pyridine rings is 1. The Hall–Kier alpha value is -2.84. The number of ether oxygens (including phenoxy) is 1. The van der Waals surface area contributed by atoms with Crippen LogP contribution in [0.15, 0.2) is 29.4 Å². The molecule has 0 aromatic carbocycles. The Morgan fingerprint density at radius 3 is 2.65 bits per heavy atom. The maximum Gasteiger partial charge on any atom is 0.410 e. The number of aliphatic imine (C=N–C) groups is 1. The molecule has 2 fully saturated rings. The Bertz CT molecular complexity index is 935. The second-order valence-corrected chi connectivity index (χ2v) is 9.38. The van der Waals surface area contributed by atoms with Crippen LogP contribution in [0.2, 0.25) is 0 Å². The Morgan fingerprint density at radius 1 is 1.23 bits per heavy atom. The summed E-state index contributed by atoms with van der Waals surface area (Å²) in [6.45, 7) is 6.45. The topological polar surface area (TPSA) is 96.1 Å². The highest BCUT2D eigenvalue weighted by molar-refractivity contribution is 5.80. The Balaban J connectivity index is 1.28. The van der Waals surface area contributed by atoms with Crippen LogP contribution < -0.4 is 10.6 Å². The molecule has 4 heterocycles. The van der Waals surface area contributed by atoms with Crippen molar-refractivity contribution in [2.45, 2.75) is 76.6 Å². The lowest BCUT2D eigenvalue weighted by Crippen LogP contribution is -2.55. The molecule has 2 N–H and O–H groups in total. The van der Waals surface area contributed by atoms with E-state index in [1.165, 1.54) is 0 Å². The molecule has 2 aliphatic heterocycles. The SMILES string of the molecule is CN=C(NCCc1nnc2ccccn12)NC1CC2CCC(C1)N2C(=O)OC(C)(C)C. The summed E-state index contributed by atoms with van der Waals surface area (Å²) in [6.07, 6.45) is 6.43. The van der Waals surface area contributed by atoms with Crippen LogP contribution in [0.25, 0.3) is 5.65 Å². The average Bonchev–Trinajstić information content (AvgIpc) is 3.24. The van der Waals surface area contributed by atoms with E-state index in [-0.39, 0.29) is 24.2 Å². The molecule has 31 heavy (non-hydrogen) atoms. The predicted molar refractivity (Wildman–Crippen MR) is 119 cm³/mol. The van der Waals surface area contributed by atoms with Gasteiger partial charge in [0.25, 0.3) is 0 Å². The van der Waals surface area contributed by atoms with Crippen molar-refractivity contribution in [3.8, 4) is 0 Å². The van der Waals surface area contributed by atoms with E-state index in [2.05, 4.69) is 25.8 Å². The van der Waals surface area contributed by atoms with Crippen molar-refractivity contribution in [3.05, 3.63) is 30.2 Å². The van der Waals surface area contributed by atoms with Gasteiger partial charge in [0.1, 0.15) is 11.4 Å². The fraction of sp³-hybridized carbons (Fsp3) is 0.636. The van der Waals surface area contributed by atoms with Gasteiger partial charge in [0.2, 0.25) is 0 Å². The van der Waals surface area contributed by atoms with Crippen LogP contribution in [0.3, 0.4) is 0 Å². The van der Waals surface area contributed by atoms with Gasteiger partial charge in [-0.05, 0) is 58.6 Å². The molecule has 2 unspecified atom stereocenters. The molecular formula is C22H33N7O2. The monoisotopic (exact) mass is 427 g/mol. The van der Waals surface area contributed by atoms with Crippen LogP contribution in [0, 0.1) is 0 Å². The average molecular weight is 428 g/mol. The van der Waals surface area contributed by atoms with Crippen LogP contribution in [-0.4, -0.2) is 68.9 Å². The first kappa shape index (κ1) is 21.4. The second kappa shape index (κ2) is 8.72. The van der Waals surface area contributed by atoms with Crippen LogP contribution in [0.1, 0.15) is 52.3 Å². The van der Waals surface area contributed by atoms with Crippen molar-refractivity contribution >= 4 is 17.7 Å². The summed E-state index contributed by atoms with van der Waals surface area (Å²) >= 11 is 0. The zero-order valence-electron chi connectivity index (χ0n) is 18.8. The highest BCUT2D eigenvalue weighted by Crippen LogP contribution is 2.36. The van der Waals surface area contributed by atoms with Crippen molar-refractivity contribution < 1.29 is 9.53 Å². The van der Waals surface area contributed by atoms with Crippen LogP contribution in [0.4, 0.5) is 4.79 Å². The fourth-order valence-corrected chi connectivity index (χ4v) is 4.65. The van der Waals surface area contributed by atoms with Crippen molar-refractivity contribution in [1.29, 1.82) is 0 Å². The normalized spacial score (nSPS) is 23.8. The number of rotatable bonds is 4. The summed E-state index contributed by atoms with van der Waals surface area (Å²) in [5, 5.41) is 15.4. The van der Waals surface area contributed by atoms with Crippen LogP contribution in [0.5, 0.6) is 0 Å². The highest BCUT2D eigenvalue weighted by atomic mass is 16.6. The summed E-state index contributed by atoms with van der Waals surface area (Å²) in [6, 6.07) is 6.63. The number of nitrogens with zero attached hydrogens (tertiary/aromatic N) is 5. The molecule has 1 amide bonds. The zero-order valence-corrected chi connectivity index (χ0v) is 18.8. The third-order valence-corrected chi connectivity index (χ3v) is 5.93. The van der Waals surface area contributed by atoms with E-state index in [1.54, 1.807) is 7.05 Å². The number of aromatic nitrogens is 3. The van der Waals surface area contributed by atoms with Gasteiger partial charge in [-0.3, -0.25) is 9.39 Å². The molecule has 2 aliphatic rings. The van der Waals surface area contributed by atoms with E-state index < -0.39 is 5.60 Å². The van der Waals surface area contributed by atoms with Gasteiger partial charge in [0.15, 0.2) is 11.6 Å². The van der Waals surface area contributed by atoms with Crippen molar-refractivity contribution in [1.82, 2.24) is 30.1 Å². The van der Waals surface area contributed by atoms with Gasteiger partial charge in [-0.1, -0.05) is 6.07 Å². The maximum atomic E-state index is 12.6. The first-order valence-electron chi connectivity index (χ1n) is 11.1. The molecule has 2 aromatic rings. The van der Waals surface area contributed by atoms with Gasteiger partial charge >= 0.3 is 6.09 Å². The number of fused-ring (bicyclic) bond motifs is 3. The first-order valence-corrected chi connectivity index (χ1v) is 11.1. The van der Waals surface area contributed by atoms with Crippen LogP contribution >= 0.6 is 0 Å². The molecule has 168 valence electrons. The van der Waals surface area contributed by atoms with Gasteiger partial charge in [0.05, 0.1) is 0 Å². The van der Waals surface area contributed by atoms with E-state index >= 15 is 0 Å². The number of carbonyl (C=O) groups is 1. The van der Waals surface area contributed by atoms with E-state index in [0.29, 0.717) is 6.54 Å². The molecule has 4 rings (SSSR count). The summed E-state index contributed by atoms with van der Waals surface area (Å²) in [7, 11) is 1.78. The van der Waals surface area contributed by atoms with Crippen molar-refractivity contribution in [2.24, 2.45) is 4.99 Å². The Morgan fingerprint density at radius 2 is 1.97 bits per heavy atom. The number of piperidine rings is 1. The lowest BCUT2D eigenvalue weighted by Gasteiger charge is -2.40. The number of amides is 1. The summed E-state index contributed by atoms with van der Waals surface area (Å²) in [5.74, 6) is 1.70. The molecule has 0 saturated carbocycles. The largest absolute Gasteiger partial charge is 0.444 e. The summed E-state index contributed by atoms with van der Waals surface area (Å²) in [5.41, 5.74) is 0.389. The van der Waals surface area contributed by atoms with Gasteiger partial charge in [0, 0.05) is 44.3 Å². The number of hydrogen-bond acceptors (Lipinski definition) is 5. The lowest BCUT2D eigenvalue weighted by molar-refractivity contribution is 0.00545. The Kier molecular flexibility index (Phi) is 6.02. The van der Waals surface area contributed by atoms with E-state index in [1.807, 2.05) is 54.5 Å². The third-order valence-electron chi connectivity index (χ3n) is 5.93. The summed E-state index contributed by atoms with van der Waals surface area (Å²) < 4.78 is 7.63. The molecule has 0 radical (unpaired) electrons. The highest BCUT2D eigenvalue weighted by Gasteiger charge is 2.45. The molecule has 2 atom stereocenters. The molecular weight excluding hydrogens is 394 g/mol. The minimum atomic E-state index is -0.465. The maximum absolute atomic E-state index is 12.6. The third kappa shape index (κ3) is 4.91. The van der Waals surface area contributed by atoms with Gasteiger partial charge in [-0.25, -0.2) is 4.79 Å². The summed E-state index contributed by atoms with van der Waals surface area (Å²) in [4.78, 5) is 19.0. The number of guanidine groups is 1. The minimum absolute atomic E-state index is 0.179. The molecule has 0 spiro atoms. The second-order valence-electron chi connectivity index (χ2n) is 9.38. The van der Waals surface area contributed by atoms with E-state index in [9.17, 15) is 4.79 Å². The standard InChI is InChI=1S/C22H33N7O2/c1-22(2,3)31-21(30)29-16-8-9-17(29)14-15(13-16)25-20(23-4)24-11-10-19-27-26-18-7-5-6-12-28(18)19/h5-7,12,15-17H,8-11,13-14H2,1-4H3,(H2,23,24,25). The predicted octanol–water partition coefficient (Wildman–Crippen LogP) is 2.37. The molecule has 9 heteroatoms. The molecule has 2 bridgehead atoms. The fourth-order valence-electron chi connectivity index (χ4n) is 4.65. The van der Waals surface area contributed by atoms with E-state index in [0.717, 1.165) is 49.5 Å². The smallest absolute Gasteiger partial charge is 0.410 e. The lowest BCUT2D eigenvalue weighted by atomic mass is 9.98. The minimum Gasteiger partial charge on any atom is -0.444 e. The molecule has 2 aromatic heterocycles. The number of nitrogens with one attached hydrogen (secondary N) is 2. The van der Waals surface area contributed by atoms with E-state index in [4.69, 9.17) is 4.74 Å². The molecule has 9 nitrogen and oxygen atoms in total. The van der Waals surface area contributed by atoms with Gasteiger partial charge in [-0.2, -0.15) is 0 Å². The Labute approximate surface area is 183 Å². The van der Waals surface area contributed by atoms with Crippen molar-refractivity contribution in [3.63, 3.8) is 0 Å². The first-order chi connectivity index (χ1) is 14.8. The number of hydrogen-bond donors (Lipinski definition) is 2. The van der Waals surface area contributed by atoms with Crippen LogP contribution in [-0.2, 0) is 11.2 Å². The quantitative estimate of drug-likeness (QED) is 0.574. The van der Waals surface area contributed by atoms with Gasteiger partial charge in [-0.15, -0.1) is 10.2 Å². The number of carbonyl (C=O) groups excluding carboxylic acids is 1. The van der Waals surface area contributed by atoms with Gasteiger partial charge < -0.3 is 20.3 Å². The zero-order chi connectivity index (χ0) is 22.0. The van der Waals surface area contributed by atoms with Crippen molar-refractivity contribution in [2.75, 3.05) is 13.6 Å². The molecule has 0 aliphatic carbocycles.